The summed E-state index contributed by atoms with van der Waals surface area (Å²) in [7, 11) is -1.26. The van der Waals surface area contributed by atoms with Crippen molar-refractivity contribution in [2.24, 2.45) is 0 Å². The van der Waals surface area contributed by atoms with Gasteiger partial charge in [0.25, 0.3) is 10.2 Å². The lowest BCUT2D eigenvalue weighted by Crippen LogP contribution is -2.56. The zero-order valence-corrected chi connectivity index (χ0v) is 13.5. The molecule has 6 nitrogen and oxygen atoms in total. The molecule has 0 aromatic heterocycles. The fourth-order valence-electron chi connectivity index (χ4n) is 2.51. The Morgan fingerprint density at radius 3 is 1.95 bits per heavy atom. The van der Waals surface area contributed by atoms with E-state index in [1.54, 1.807) is 8.61 Å². The zero-order valence-electron chi connectivity index (χ0n) is 11.9. The molecule has 2 saturated heterocycles. The van der Waals surface area contributed by atoms with Crippen LogP contribution >= 0.6 is 11.6 Å². The molecular weight excluding hydrogens is 300 g/mol. The molecule has 20 heavy (non-hydrogen) atoms. The van der Waals surface area contributed by atoms with E-state index in [0.29, 0.717) is 26.2 Å². The maximum absolute atomic E-state index is 12.5. The Morgan fingerprint density at radius 2 is 1.45 bits per heavy atom. The molecule has 0 aliphatic carbocycles. The quantitative estimate of drug-likeness (QED) is 0.722. The molecule has 116 valence electrons. The van der Waals surface area contributed by atoms with Crippen LogP contribution in [0.3, 0.4) is 0 Å². The highest BCUT2D eigenvalue weighted by Crippen LogP contribution is 2.14. The number of rotatable bonds is 4. The minimum atomic E-state index is -3.28. The zero-order chi connectivity index (χ0) is 14.6. The van der Waals surface area contributed by atoms with Gasteiger partial charge >= 0.3 is 0 Å². The van der Waals surface area contributed by atoms with Crippen molar-refractivity contribution in [1.29, 1.82) is 0 Å². The Balaban J connectivity index is 1.88. The van der Waals surface area contributed by atoms with E-state index in [1.807, 2.05) is 13.1 Å². The third-order valence-electron chi connectivity index (χ3n) is 3.90. The number of nitrogens with zero attached hydrogens (tertiary/aromatic N) is 4. The minimum Gasteiger partial charge on any atom is -0.304 e. The Hall–Kier alpha value is -0.180. The van der Waals surface area contributed by atoms with Gasteiger partial charge in [0, 0.05) is 64.4 Å². The van der Waals surface area contributed by atoms with Gasteiger partial charge in [-0.05, 0) is 7.05 Å². The summed E-state index contributed by atoms with van der Waals surface area (Å²) >= 11 is 5.51. The lowest BCUT2D eigenvalue weighted by atomic mass is 10.3. The van der Waals surface area contributed by atoms with Crippen LogP contribution in [-0.2, 0) is 10.2 Å². The molecule has 2 fully saturated rings. The first kappa shape index (κ1) is 16.2. The second kappa shape index (κ2) is 7.20. The van der Waals surface area contributed by atoms with E-state index in [2.05, 4.69) is 9.80 Å². The summed E-state index contributed by atoms with van der Waals surface area (Å²) in [6.45, 7) is 6.21. The van der Waals surface area contributed by atoms with Gasteiger partial charge in [-0.2, -0.15) is 17.0 Å². The van der Waals surface area contributed by atoms with Crippen molar-refractivity contribution in [3.8, 4) is 0 Å². The highest BCUT2D eigenvalue weighted by atomic mass is 35.5. The average molecular weight is 323 g/mol. The third-order valence-corrected chi connectivity index (χ3v) is 6.11. The molecule has 0 N–H and O–H groups in total. The molecule has 0 atom stereocenters. The molecule has 0 aromatic carbocycles. The molecule has 0 aromatic rings. The van der Waals surface area contributed by atoms with Crippen molar-refractivity contribution >= 4 is 21.8 Å². The fraction of sp³-hybridized carbons (Fsp3) is 0.833. The summed E-state index contributed by atoms with van der Waals surface area (Å²) in [5.74, 6) is 0. The predicted molar refractivity (Wildman–Crippen MR) is 81.0 cm³/mol. The highest BCUT2D eigenvalue weighted by Gasteiger charge is 2.33. The largest absolute Gasteiger partial charge is 0.304 e. The van der Waals surface area contributed by atoms with Crippen molar-refractivity contribution in [1.82, 2.24) is 18.4 Å². The Bertz CT molecular complexity index is 427. The first-order chi connectivity index (χ1) is 9.54. The smallest absolute Gasteiger partial charge is 0.282 e. The second-order valence-electron chi connectivity index (χ2n) is 5.27. The average Bonchev–Trinajstić information content (AvgIpc) is 2.46. The monoisotopic (exact) mass is 322 g/mol. The first-order valence-electron chi connectivity index (χ1n) is 6.95. The Kier molecular flexibility index (Phi) is 5.83. The van der Waals surface area contributed by atoms with Crippen molar-refractivity contribution in [3.05, 3.63) is 11.6 Å². The summed E-state index contributed by atoms with van der Waals surface area (Å²) in [6, 6.07) is 0. The molecule has 2 aliphatic rings. The van der Waals surface area contributed by atoms with Gasteiger partial charge in [-0.1, -0.05) is 17.7 Å². The van der Waals surface area contributed by atoms with Crippen LogP contribution in [0.2, 0.25) is 0 Å². The summed E-state index contributed by atoms with van der Waals surface area (Å²) in [6.07, 6.45) is 1.88. The minimum absolute atomic E-state index is 0.560. The van der Waals surface area contributed by atoms with Gasteiger partial charge in [-0.15, -0.1) is 0 Å². The van der Waals surface area contributed by atoms with E-state index < -0.39 is 10.2 Å². The van der Waals surface area contributed by atoms with Gasteiger partial charge in [-0.25, -0.2) is 0 Å². The fourth-order valence-corrected chi connectivity index (χ4v) is 4.17. The van der Waals surface area contributed by atoms with Crippen LogP contribution in [0, 0.1) is 0 Å². The predicted octanol–water partition coefficient (Wildman–Crippen LogP) is -0.151. The van der Waals surface area contributed by atoms with Gasteiger partial charge in [0.05, 0.1) is 0 Å². The van der Waals surface area contributed by atoms with Crippen LogP contribution in [0.4, 0.5) is 0 Å². The normalized spacial score (nSPS) is 25.5. The van der Waals surface area contributed by atoms with Gasteiger partial charge < -0.3 is 4.90 Å². The van der Waals surface area contributed by atoms with E-state index in [-0.39, 0.29) is 0 Å². The van der Waals surface area contributed by atoms with E-state index in [1.165, 1.54) is 5.54 Å². The molecule has 0 bridgehead atoms. The van der Waals surface area contributed by atoms with Crippen LogP contribution < -0.4 is 0 Å². The highest BCUT2D eigenvalue weighted by molar-refractivity contribution is 7.86. The van der Waals surface area contributed by atoms with E-state index in [9.17, 15) is 8.42 Å². The van der Waals surface area contributed by atoms with Crippen LogP contribution in [0.5, 0.6) is 0 Å². The lowest BCUT2D eigenvalue weighted by Gasteiger charge is -2.38. The molecule has 2 rings (SSSR count). The maximum Gasteiger partial charge on any atom is 0.282 e. The molecule has 0 saturated carbocycles. The van der Waals surface area contributed by atoms with Crippen LogP contribution in [-0.4, -0.2) is 92.8 Å². The van der Waals surface area contributed by atoms with Crippen molar-refractivity contribution in [3.63, 3.8) is 0 Å². The third kappa shape index (κ3) is 3.93. The lowest BCUT2D eigenvalue weighted by molar-refractivity contribution is 0.179. The van der Waals surface area contributed by atoms with Crippen molar-refractivity contribution in [2.45, 2.75) is 0 Å². The molecule has 0 unspecified atom stereocenters. The van der Waals surface area contributed by atoms with E-state index >= 15 is 0 Å². The molecular formula is C12H23ClN4O2S. The molecule has 0 spiro atoms. The summed E-state index contributed by atoms with van der Waals surface area (Å²) in [5.41, 5.74) is 1.51. The van der Waals surface area contributed by atoms with Gasteiger partial charge in [0.1, 0.15) is 0 Å². The second-order valence-corrected chi connectivity index (χ2v) is 7.45. The number of hydrogen-bond acceptors (Lipinski definition) is 4. The number of hydrogen-bond donors (Lipinski definition) is 0. The number of piperazine rings is 2. The van der Waals surface area contributed by atoms with E-state index in [0.717, 1.165) is 32.7 Å². The summed E-state index contributed by atoms with van der Waals surface area (Å²) in [5, 5.41) is 0. The molecule has 2 heterocycles. The van der Waals surface area contributed by atoms with Gasteiger partial charge in [-0.3, -0.25) is 4.90 Å². The topological polar surface area (TPSA) is 47.1 Å². The molecule has 0 amide bonds. The molecule has 8 heteroatoms. The van der Waals surface area contributed by atoms with E-state index in [4.69, 9.17) is 11.6 Å². The number of halogens is 1. The summed E-state index contributed by atoms with van der Waals surface area (Å²) < 4.78 is 28.3. The van der Waals surface area contributed by atoms with Crippen LogP contribution in [0.15, 0.2) is 11.6 Å². The Labute approximate surface area is 126 Å². The SMILES string of the molecule is CN1CCN(S(=O)(=O)N2CCN(CC=CCl)CC2)CC1. The first-order valence-corrected chi connectivity index (χ1v) is 8.78. The summed E-state index contributed by atoms with van der Waals surface area (Å²) in [4.78, 5) is 4.36. The van der Waals surface area contributed by atoms with Crippen molar-refractivity contribution < 1.29 is 8.42 Å². The van der Waals surface area contributed by atoms with Crippen molar-refractivity contribution in [2.75, 3.05) is 66.0 Å². The number of likely N-dealkylation sites (N-methyl/N-ethyl adjacent to an activating group) is 1. The molecule has 2 aliphatic heterocycles. The molecule has 0 radical (unpaired) electrons. The van der Waals surface area contributed by atoms with Crippen LogP contribution in [0.25, 0.3) is 0 Å². The maximum atomic E-state index is 12.5. The van der Waals surface area contributed by atoms with Crippen LogP contribution in [0.1, 0.15) is 0 Å². The van der Waals surface area contributed by atoms with Gasteiger partial charge in [0.15, 0.2) is 0 Å². The van der Waals surface area contributed by atoms with Gasteiger partial charge in [0.2, 0.25) is 0 Å². The standard InChI is InChI=1S/C12H23ClN4O2S/c1-14-5-9-16(10-6-14)20(18,19)17-11-7-15(8-12-17)4-2-3-13/h2-3H,4-12H2,1H3. The Morgan fingerprint density at radius 1 is 0.950 bits per heavy atom.